The van der Waals surface area contributed by atoms with Crippen LogP contribution in [0.2, 0.25) is 5.02 Å². The van der Waals surface area contributed by atoms with E-state index in [4.69, 9.17) is 11.6 Å². The molecule has 0 spiro atoms. The molecular formula is C11H10BrClFN3. The highest BCUT2D eigenvalue weighted by atomic mass is 79.9. The van der Waals surface area contributed by atoms with Gasteiger partial charge in [-0.3, -0.25) is 5.10 Å². The van der Waals surface area contributed by atoms with Crippen molar-refractivity contribution in [3.8, 4) is 11.3 Å². The third-order valence-corrected chi connectivity index (χ3v) is 3.36. The molecule has 17 heavy (non-hydrogen) atoms. The minimum Gasteiger partial charge on any atom is -0.360 e. The van der Waals surface area contributed by atoms with Crippen molar-refractivity contribution < 1.29 is 4.39 Å². The van der Waals surface area contributed by atoms with Gasteiger partial charge in [0, 0.05) is 19.7 Å². The molecule has 0 atom stereocenters. The Hall–Kier alpha value is -1.07. The van der Waals surface area contributed by atoms with E-state index in [9.17, 15) is 4.39 Å². The van der Waals surface area contributed by atoms with Crippen molar-refractivity contribution in [1.29, 1.82) is 0 Å². The van der Waals surface area contributed by atoms with Gasteiger partial charge in [-0.25, -0.2) is 4.39 Å². The number of benzene rings is 1. The molecule has 0 saturated heterocycles. The summed E-state index contributed by atoms with van der Waals surface area (Å²) in [6.45, 7) is 0. The van der Waals surface area contributed by atoms with Crippen LogP contribution in [0.4, 0.5) is 10.2 Å². The first-order chi connectivity index (χ1) is 8.00. The Kier molecular flexibility index (Phi) is 3.40. The number of halogens is 3. The number of hydrogen-bond donors (Lipinski definition) is 1. The van der Waals surface area contributed by atoms with E-state index >= 15 is 0 Å². The van der Waals surface area contributed by atoms with E-state index in [1.807, 2.05) is 19.0 Å². The van der Waals surface area contributed by atoms with Crippen molar-refractivity contribution in [2.45, 2.75) is 0 Å². The third kappa shape index (κ3) is 2.30. The van der Waals surface area contributed by atoms with Crippen molar-refractivity contribution in [1.82, 2.24) is 10.2 Å². The molecule has 2 rings (SSSR count). The van der Waals surface area contributed by atoms with Gasteiger partial charge in [0.2, 0.25) is 0 Å². The molecule has 1 N–H and O–H groups in total. The molecule has 2 aromatic rings. The molecule has 6 heteroatoms. The first-order valence-corrected chi connectivity index (χ1v) is 6.04. The third-order valence-electron chi connectivity index (χ3n) is 2.32. The number of anilines is 1. The van der Waals surface area contributed by atoms with Crippen molar-refractivity contribution in [2.75, 3.05) is 19.0 Å². The molecule has 1 aromatic heterocycles. The van der Waals surface area contributed by atoms with Crippen LogP contribution < -0.4 is 4.90 Å². The van der Waals surface area contributed by atoms with E-state index in [1.165, 1.54) is 6.07 Å². The number of nitrogens with zero attached hydrogens (tertiary/aromatic N) is 2. The SMILES string of the molecule is CN(C)c1n[nH]c(-c2ccc(F)c(Cl)c2)c1Br. The lowest BCUT2D eigenvalue weighted by molar-refractivity contribution is 0.628. The van der Waals surface area contributed by atoms with Crippen LogP contribution in [0.25, 0.3) is 11.3 Å². The topological polar surface area (TPSA) is 31.9 Å². The van der Waals surface area contributed by atoms with Gasteiger partial charge in [-0.15, -0.1) is 0 Å². The number of rotatable bonds is 2. The molecule has 0 aliphatic rings. The first-order valence-electron chi connectivity index (χ1n) is 4.87. The standard InChI is InChI=1S/C11H10BrClFN3/c1-17(2)11-9(12)10(15-16-11)6-3-4-8(14)7(13)5-6/h3-5H,1-2H3,(H,15,16). The van der Waals surface area contributed by atoms with Crippen LogP contribution in [0.3, 0.4) is 0 Å². The van der Waals surface area contributed by atoms with Gasteiger partial charge in [0.15, 0.2) is 5.82 Å². The first kappa shape index (κ1) is 12.4. The summed E-state index contributed by atoms with van der Waals surface area (Å²) in [7, 11) is 3.78. The highest BCUT2D eigenvalue weighted by molar-refractivity contribution is 9.10. The summed E-state index contributed by atoms with van der Waals surface area (Å²) in [6, 6.07) is 4.55. The molecule has 0 aliphatic carbocycles. The lowest BCUT2D eigenvalue weighted by atomic mass is 10.1. The average Bonchev–Trinajstić information content (AvgIpc) is 2.64. The van der Waals surface area contributed by atoms with Gasteiger partial charge in [0.1, 0.15) is 5.82 Å². The quantitative estimate of drug-likeness (QED) is 0.915. The van der Waals surface area contributed by atoms with Crippen molar-refractivity contribution in [3.63, 3.8) is 0 Å². The average molecular weight is 319 g/mol. The van der Waals surface area contributed by atoms with Gasteiger partial charge >= 0.3 is 0 Å². The Bertz CT molecular complexity index is 554. The molecule has 3 nitrogen and oxygen atoms in total. The molecular weight excluding hydrogens is 308 g/mol. The number of hydrogen-bond acceptors (Lipinski definition) is 2. The number of aromatic amines is 1. The molecule has 0 amide bonds. The van der Waals surface area contributed by atoms with Crippen LogP contribution in [-0.2, 0) is 0 Å². The summed E-state index contributed by atoms with van der Waals surface area (Å²) in [4.78, 5) is 1.87. The van der Waals surface area contributed by atoms with Crippen LogP contribution in [0.15, 0.2) is 22.7 Å². The minimum atomic E-state index is -0.432. The monoisotopic (exact) mass is 317 g/mol. The minimum absolute atomic E-state index is 0.0930. The van der Waals surface area contributed by atoms with E-state index in [-0.39, 0.29) is 5.02 Å². The molecule has 0 radical (unpaired) electrons. The van der Waals surface area contributed by atoms with E-state index in [1.54, 1.807) is 12.1 Å². The van der Waals surface area contributed by atoms with Gasteiger partial charge in [0.25, 0.3) is 0 Å². The predicted molar refractivity (Wildman–Crippen MR) is 71.0 cm³/mol. The largest absolute Gasteiger partial charge is 0.360 e. The molecule has 0 aliphatic heterocycles. The van der Waals surface area contributed by atoms with Crippen LogP contribution in [0.1, 0.15) is 0 Å². The number of aromatic nitrogens is 2. The van der Waals surface area contributed by atoms with E-state index in [0.29, 0.717) is 0 Å². The van der Waals surface area contributed by atoms with E-state index < -0.39 is 5.82 Å². The Labute approximate surface area is 112 Å². The smallest absolute Gasteiger partial charge is 0.164 e. The lowest BCUT2D eigenvalue weighted by Crippen LogP contribution is -2.09. The highest BCUT2D eigenvalue weighted by Gasteiger charge is 2.14. The molecule has 90 valence electrons. The summed E-state index contributed by atoms with van der Waals surface area (Å²) >= 11 is 9.21. The Morgan fingerprint density at radius 2 is 2.12 bits per heavy atom. The lowest BCUT2D eigenvalue weighted by Gasteiger charge is -2.08. The molecule has 0 fully saturated rings. The van der Waals surface area contributed by atoms with Crippen LogP contribution in [0.5, 0.6) is 0 Å². The summed E-state index contributed by atoms with van der Waals surface area (Å²) in [5, 5.41) is 7.15. The normalized spacial score (nSPS) is 10.6. The second-order valence-electron chi connectivity index (χ2n) is 3.76. The van der Waals surface area contributed by atoms with Crippen LogP contribution >= 0.6 is 27.5 Å². The summed E-state index contributed by atoms with van der Waals surface area (Å²) in [6.07, 6.45) is 0. The zero-order chi connectivity index (χ0) is 12.6. The maximum atomic E-state index is 13.1. The maximum Gasteiger partial charge on any atom is 0.164 e. The van der Waals surface area contributed by atoms with Crippen molar-refractivity contribution in [3.05, 3.63) is 33.5 Å². The molecule has 0 bridgehead atoms. The highest BCUT2D eigenvalue weighted by Crippen LogP contribution is 2.34. The maximum absolute atomic E-state index is 13.1. The van der Waals surface area contributed by atoms with Gasteiger partial charge in [-0.1, -0.05) is 11.6 Å². The Morgan fingerprint density at radius 3 is 2.65 bits per heavy atom. The van der Waals surface area contributed by atoms with Gasteiger partial charge in [-0.2, -0.15) is 5.10 Å². The Morgan fingerprint density at radius 1 is 1.41 bits per heavy atom. The molecule has 0 saturated carbocycles. The number of nitrogens with one attached hydrogen (secondary N) is 1. The molecule has 1 heterocycles. The number of H-pyrrole nitrogens is 1. The van der Waals surface area contributed by atoms with Crippen LogP contribution in [-0.4, -0.2) is 24.3 Å². The zero-order valence-corrected chi connectivity index (χ0v) is 11.6. The summed E-state index contributed by atoms with van der Waals surface area (Å²) in [5.41, 5.74) is 1.56. The van der Waals surface area contributed by atoms with E-state index in [2.05, 4.69) is 26.1 Å². The molecule has 1 aromatic carbocycles. The summed E-state index contributed by atoms with van der Waals surface area (Å²) < 4.78 is 13.9. The van der Waals surface area contributed by atoms with Gasteiger partial charge < -0.3 is 4.90 Å². The van der Waals surface area contributed by atoms with Crippen LogP contribution in [0, 0.1) is 5.82 Å². The zero-order valence-electron chi connectivity index (χ0n) is 9.26. The second-order valence-corrected chi connectivity index (χ2v) is 4.96. The van der Waals surface area contributed by atoms with Gasteiger partial charge in [0.05, 0.1) is 15.2 Å². The fraction of sp³-hybridized carbons (Fsp3) is 0.182. The predicted octanol–water partition coefficient (Wildman–Crippen LogP) is 3.70. The summed E-state index contributed by atoms with van der Waals surface area (Å²) in [5.74, 6) is 0.347. The molecule has 0 unspecified atom stereocenters. The van der Waals surface area contributed by atoms with Crippen molar-refractivity contribution >= 4 is 33.3 Å². The Balaban J connectivity index is 2.50. The fourth-order valence-electron chi connectivity index (χ4n) is 1.46. The van der Waals surface area contributed by atoms with Crippen molar-refractivity contribution in [2.24, 2.45) is 0 Å². The fourth-order valence-corrected chi connectivity index (χ4v) is 2.40. The second kappa shape index (κ2) is 4.66. The van der Waals surface area contributed by atoms with Gasteiger partial charge in [-0.05, 0) is 34.1 Å². The van der Waals surface area contributed by atoms with E-state index in [0.717, 1.165) is 21.5 Å².